The second kappa shape index (κ2) is 8.06. The summed E-state index contributed by atoms with van der Waals surface area (Å²) < 4.78 is 4.96. The molecule has 0 heterocycles. The summed E-state index contributed by atoms with van der Waals surface area (Å²) in [6.07, 6.45) is 1.63. The summed E-state index contributed by atoms with van der Waals surface area (Å²) in [6, 6.07) is 4.28. The first-order chi connectivity index (χ1) is 9.99. The molecule has 0 unspecified atom stereocenters. The number of anilines is 1. The summed E-state index contributed by atoms with van der Waals surface area (Å²) in [6.45, 7) is 6.64. The molecule has 21 heavy (non-hydrogen) atoms. The topological polar surface area (TPSA) is 78.9 Å². The van der Waals surface area contributed by atoms with Gasteiger partial charge in [0, 0.05) is 25.9 Å². The number of carbonyl (C=O) groups excluding carboxylic acids is 1. The molecule has 0 aromatic heterocycles. The zero-order valence-electron chi connectivity index (χ0n) is 12.3. The van der Waals surface area contributed by atoms with Gasteiger partial charge in [0.1, 0.15) is 0 Å². The first kappa shape index (κ1) is 16.7. The van der Waals surface area contributed by atoms with Gasteiger partial charge in [-0.1, -0.05) is 6.08 Å². The Balaban J connectivity index is 2.80. The Morgan fingerprint density at radius 1 is 1.48 bits per heavy atom. The van der Waals surface area contributed by atoms with Crippen LogP contribution in [0.25, 0.3) is 0 Å². The first-order valence-electron chi connectivity index (χ1n) is 6.49. The van der Waals surface area contributed by atoms with Gasteiger partial charge in [-0.2, -0.15) is 0 Å². The van der Waals surface area contributed by atoms with E-state index in [1.807, 2.05) is 0 Å². The minimum Gasteiger partial charge on any atom is -0.478 e. The lowest BCUT2D eigenvalue weighted by molar-refractivity contribution is 0.0697. The van der Waals surface area contributed by atoms with Gasteiger partial charge in [-0.15, -0.1) is 6.58 Å². The lowest BCUT2D eigenvalue weighted by Gasteiger charge is -2.21. The second-order valence-corrected chi connectivity index (χ2v) is 4.49. The highest BCUT2D eigenvalue weighted by molar-refractivity contribution is 5.92. The number of rotatable bonds is 7. The fourth-order valence-electron chi connectivity index (χ4n) is 1.76. The number of carbonyl (C=O) groups is 2. The predicted octanol–water partition coefficient (Wildman–Crippen LogP) is 2.36. The van der Waals surface area contributed by atoms with Crippen molar-refractivity contribution in [2.24, 2.45) is 0 Å². The molecule has 1 aromatic carbocycles. The fraction of sp³-hybridized carbons (Fsp3) is 0.333. The third kappa shape index (κ3) is 4.92. The van der Waals surface area contributed by atoms with Gasteiger partial charge in [-0.25, -0.2) is 9.59 Å². The summed E-state index contributed by atoms with van der Waals surface area (Å²) in [7, 11) is 1.57. The van der Waals surface area contributed by atoms with Crippen molar-refractivity contribution in [2.45, 2.75) is 6.92 Å². The Labute approximate surface area is 124 Å². The zero-order valence-corrected chi connectivity index (χ0v) is 12.3. The zero-order chi connectivity index (χ0) is 15.8. The number of amides is 2. The van der Waals surface area contributed by atoms with Crippen LogP contribution in [0.15, 0.2) is 30.9 Å². The fourth-order valence-corrected chi connectivity index (χ4v) is 1.76. The van der Waals surface area contributed by atoms with Crippen molar-refractivity contribution in [1.82, 2.24) is 4.90 Å². The van der Waals surface area contributed by atoms with Crippen molar-refractivity contribution >= 4 is 17.7 Å². The molecule has 0 aliphatic heterocycles. The Bertz CT molecular complexity index is 528. The van der Waals surface area contributed by atoms with E-state index in [9.17, 15) is 9.59 Å². The molecule has 0 radical (unpaired) electrons. The molecule has 0 aliphatic carbocycles. The number of benzene rings is 1. The van der Waals surface area contributed by atoms with Crippen molar-refractivity contribution in [1.29, 1.82) is 0 Å². The monoisotopic (exact) mass is 292 g/mol. The van der Waals surface area contributed by atoms with Crippen LogP contribution in [0.5, 0.6) is 0 Å². The first-order valence-corrected chi connectivity index (χ1v) is 6.49. The van der Waals surface area contributed by atoms with Gasteiger partial charge in [-0.3, -0.25) is 0 Å². The number of hydrogen-bond acceptors (Lipinski definition) is 3. The number of hydrogen-bond donors (Lipinski definition) is 2. The lowest BCUT2D eigenvalue weighted by atomic mass is 10.1. The van der Waals surface area contributed by atoms with E-state index in [0.29, 0.717) is 30.9 Å². The summed E-state index contributed by atoms with van der Waals surface area (Å²) in [5, 5.41) is 11.7. The molecule has 6 heteroatoms. The molecule has 1 rings (SSSR count). The SMILES string of the molecule is C=CCN(CCOC)C(=O)Nc1ccc(C(=O)O)cc1C. The molecule has 0 aliphatic rings. The van der Waals surface area contributed by atoms with Crippen LogP contribution in [-0.4, -0.2) is 48.8 Å². The smallest absolute Gasteiger partial charge is 0.335 e. The quantitative estimate of drug-likeness (QED) is 0.756. The van der Waals surface area contributed by atoms with Gasteiger partial charge in [0.15, 0.2) is 0 Å². The van der Waals surface area contributed by atoms with Gasteiger partial charge < -0.3 is 20.1 Å². The molecule has 0 bridgehead atoms. The molecule has 6 nitrogen and oxygen atoms in total. The van der Waals surface area contributed by atoms with E-state index in [-0.39, 0.29) is 11.6 Å². The number of methoxy groups -OCH3 is 1. The second-order valence-electron chi connectivity index (χ2n) is 4.49. The van der Waals surface area contributed by atoms with Crippen LogP contribution < -0.4 is 5.32 Å². The molecule has 0 saturated carbocycles. The summed E-state index contributed by atoms with van der Waals surface area (Å²) in [5.74, 6) is -0.996. The van der Waals surface area contributed by atoms with Crippen LogP contribution >= 0.6 is 0 Å². The summed E-state index contributed by atoms with van der Waals surface area (Å²) in [5.41, 5.74) is 1.46. The average Bonchev–Trinajstić information content (AvgIpc) is 2.45. The predicted molar refractivity (Wildman–Crippen MR) is 80.8 cm³/mol. The van der Waals surface area contributed by atoms with Crippen LogP contribution in [-0.2, 0) is 4.74 Å². The largest absolute Gasteiger partial charge is 0.478 e. The number of nitrogens with zero attached hydrogens (tertiary/aromatic N) is 1. The molecule has 114 valence electrons. The molecule has 0 saturated heterocycles. The summed E-state index contributed by atoms with van der Waals surface area (Å²) >= 11 is 0. The molecule has 1 aromatic rings. The number of carboxylic acid groups (broad SMARTS) is 1. The van der Waals surface area contributed by atoms with Crippen LogP contribution in [0, 0.1) is 6.92 Å². The molecular weight excluding hydrogens is 272 g/mol. The highest BCUT2D eigenvalue weighted by Crippen LogP contribution is 2.17. The summed E-state index contributed by atoms with van der Waals surface area (Å²) in [4.78, 5) is 24.6. The number of carboxylic acids is 1. The maximum absolute atomic E-state index is 12.2. The number of nitrogens with one attached hydrogen (secondary N) is 1. The van der Waals surface area contributed by atoms with Crippen molar-refractivity contribution in [2.75, 3.05) is 32.1 Å². The van der Waals surface area contributed by atoms with Crippen molar-refractivity contribution in [3.8, 4) is 0 Å². The number of aromatic carboxylic acids is 1. The van der Waals surface area contributed by atoms with E-state index >= 15 is 0 Å². The molecule has 0 fully saturated rings. The van der Waals surface area contributed by atoms with Gasteiger partial charge in [0.25, 0.3) is 0 Å². The Morgan fingerprint density at radius 3 is 2.71 bits per heavy atom. The van der Waals surface area contributed by atoms with Crippen LogP contribution in [0.1, 0.15) is 15.9 Å². The Kier molecular flexibility index (Phi) is 6.42. The molecular formula is C15H20N2O4. The standard InChI is InChI=1S/C15H20N2O4/c1-4-7-17(8-9-21-3)15(20)16-13-6-5-12(14(18)19)10-11(13)2/h4-6,10H,1,7-9H2,2-3H3,(H,16,20)(H,18,19). The van der Waals surface area contributed by atoms with Crippen LogP contribution in [0.4, 0.5) is 10.5 Å². The van der Waals surface area contributed by atoms with E-state index < -0.39 is 5.97 Å². The van der Waals surface area contributed by atoms with Crippen LogP contribution in [0.3, 0.4) is 0 Å². The van der Waals surface area contributed by atoms with Crippen molar-refractivity contribution in [3.63, 3.8) is 0 Å². The third-order valence-electron chi connectivity index (χ3n) is 2.92. The normalized spacial score (nSPS) is 10.0. The van der Waals surface area contributed by atoms with Gasteiger partial charge >= 0.3 is 12.0 Å². The lowest BCUT2D eigenvalue weighted by Crippen LogP contribution is -2.37. The number of ether oxygens (including phenoxy) is 1. The van der Waals surface area contributed by atoms with Gasteiger partial charge in [-0.05, 0) is 30.7 Å². The van der Waals surface area contributed by atoms with Crippen molar-refractivity contribution < 1.29 is 19.4 Å². The average molecular weight is 292 g/mol. The Morgan fingerprint density at radius 2 is 2.19 bits per heavy atom. The molecule has 0 atom stereocenters. The van der Waals surface area contributed by atoms with E-state index in [1.54, 1.807) is 31.1 Å². The Hall–Kier alpha value is -2.34. The number of aryl methyl sites for hydroxylation is 1. The minimum atomic E-state index is -0.996. The highest BCUT2D eigenvalue weighted by Gasteiger charge is 2.13. The third-order valence-corrected chi connectivity index (χ3v) is 2.92. The van der Waals surface area contributed by atoms with E-state index in [4.69, 9.17) is 9.84 Å². The molecule has 2 N–H and O–H groups in total. The van der Waals surface area contributed by atoms with Gasteiger partial charge in [0.2, 0.25) is 0 Å². The minimum absolute atomic E-state index is 0.188. The van der Waals surface area contributed by atoms with E-state index in [1.165, 1.54) is 12.1 Å². The maximum Gasteiger partial charge on any atom is 0.335 e. The van der Waals surface area contributed by atoms with E-state index in [2.05, 4.69) is 11.9 Å². The van der Waals surface area contributed by atoms with E-state index in [0.717, 1.165) is 0 Å². The van der Waals surface area contributed by atoms with Gasteiger partial charge in [0.05, 0.1) is 12.2 Å². The van der Waals surface area contributed by atoms with Crippen molar-refractivity contribution in [3.05, 3.63) is 42.0 Å². The maximum atomic E-state index is 12.2. The molecule has 2 amide bonds. The number of urea groups is 1. The highest BCUT2D eigenvalue weighted by atomic mass is 16.5. The molecule has 0 spiro atoms. The van der Waals surface area contributed by atoms with Crippen LogP contribution in [0.2, 0.25) is 0 Å².